The molecule has 0 fully saturated rings. The lowest BCUT2D eigenvalue weighted by molar-refractivity contribution is -0.126. The fourth-order valence-electron chi connectivity index (χ4n) is 0.681. The van der Waals surface area contributed by atoms with Crippen LogP contribution in [0, 0.1) is 5.92 Å². The Hall–Kier alpha value is -1.18. The van der Waals surface area contributed by atoms with Gasteiger partial charge in [0.2, 0.25) is 12.3 Å². The molecule has 0 bridgehead atoms. The molecular weight excluding hydrogens is 238 g/mol. The van der Waals surface area contributed by atoms with E-state index in [1.54, 1.807) is 0 Å². The molecule has 0 saturated heterocycles. The normalized spacial score (nSPS) is 9.39. The zero-order valence-corrected chi connectivity index (χ0v) is 11.4. The van der Waals surface area contributed by atoms with Crippen molar-refractivity contribution in [2.75, 3.05) is 32.9 Å². The van der Waals surface area contributed by atoms with Crippen molar-refractivity contribution < 1.29 is 19.2 Å². The lowest BCUT2D eigenvalue weighted by atomic mass is 10.3. The standard InChI is InChI=1S/C7H15N3O4.C4H10/c8-14-5-7(12)10-2-4-13-3-1-9-6-11;1-4(2)3/h6H,1-5,8H2,(H,9,11)(H,10,12);4H,1-3H3. The molecule has 0 aliphatic rings. The molecule has 7 nitrogen and oxygen atoms in total. The second kappa shape index (κ2) is 15.8. The summed E-state index contributed by atoms with van der Waals surface area (Å²) in [7, 11) is 0. The van der Waals surface area contributed by atoms with Crippen molar-refractivity contribution in [3.63, 3.8) is 0 Å². The van der Waals surface area contributed by atoms with E-state index in [-0.39, 0.29) is 12.5 Å². The summed E-state index contributed by atoms with van der Waals surface area (Å²) in [6, 6.07) is 0. The molecule has 0 heterocycles. The molecule has 0 unspecified atom stereocenters. The van der Waals surface area contributed by atoms with Crippen LogP contribution in [0.15, 0.2) is 0 Å². The highest BCUT2D eigenvalue weighted by molar-refractivity contribution is 5.77. The van der Waals surface area contributed by atoms with Crippen LogP contribution in [0.4, 0.5) is 0 Å². The van der Waals surface area contributed by atoms with E-state index in [1.807, 2.05) is 0 Å². The number of hydrogen-bond donors (Lipinski definition) is 3. The van der Waals surface area contributed by atoms with E-state index in [4.69, 9.17) is 4.74 Å². The molecule has 0 aromatic carbocycles. The molecule has 0 atom stereocenters. The highest BCUT2D eigenvalue weighted by Gasteiger charge is 1.97. The summed E-state index contributed by atoms with van der Waals surface area (Å²) < 4.78 is 5.06. The SMILES string of the molecule is CC(C)C.NOCC(=O)NCCOCCNC=O. The fraction of sp³-hybridized carbons (Fsp3) is 0.818. The van der Waals surface area contributed by atoms with Crippen molar-refractivity contribution in [1.29, 1.82) is 0 Å². The van der Waals surface area contributed by atoms with Gasteiger partial charge in [-0.05, 0) is 5.92 Å². The number of nitrogens with two attached hydrogens (primary N) is 1. The maximum atomic E-state index is 10.7. The van der Waals surface area contributed by atoms with Gasteiger partial charge in [0.15, 0.2) is 0 Å². The average molecular weight is 263 g/mol. The number of amides is 2. The molecule has 0 rings (SSSR count). The Labute approximate surface area is 108 Å². The number of carbonyl (C=O) groups is 2. The molecule has 2 amide bonds. The van der Waals surface area contributed by atoms with E-state index in [0.717, 1.165) is 5.92 Å². The summed E-state index contributed by atoms with van der Waals surface area (Å²) in [4.78, 5) is 24.7. The lowest BCUT2D eigenvalue weighted by Gasteiger charge is -2.05. The minimum Gasteiger partial charge on any atom is -0.378 e. The molecule has 7 heteroatoms. The number of hydrogen-bond acceptors (Lipinski definition) is 5. The van der Waals surface area contributed by atoms with Crippen LogP contribution in [0.5, 0.6) is 0 Å². The van der Waals surface area contributed by atoms with E-state index in [0.29, 0.717) is 32.7 Å². The minimum atomic E-state index is -0.290. The van der Waals surface area contributed by atoms with E-state index < -0.39 is 0 Å². The van der Waals surface area contributed by atoms with Gasteiger partial charge in [0.1, 0.15) is 6.61 Å². The molecule has 4 N–H and O–H groups in total. The Morgan fingerprint density at radius 2 is 1.83 bits per heavy atom. The maximum Gasteiger partial charge on any atom is 0.248 e. The topological polar surface area (TPSA) is 103 Å². The molecule has 0 spiro atoms. The summed E-state index contributed by atoms with van der Waals surface area (Å²) in [5.41, 5.74) is 0. The highest BCUT2D eigenvalue weighted by atomic mass is 16.6. The predicted octanol–water partition coefficient (Wildman–Crippen LogP) is -0.582. The maximum absolute atomic E-state index is 10.7. The van der Waals surface area contributed by atoms with E-state index >= 15 is 0 Å². The number of carbonyl (C=O) groups excluding carboxylic acids is 2. The summed E-state index contributed by atoms with van der Waals surface area (Å²) in [5.74, 6) is 5.22. The van der Waals surface area contributed by atoms with Gasteiger partial charge in [0.05, 0.1) is 13.2 Å². The van der Waals surface area contributed by atoms with Gasteiger partial charge in [-0.15, -0.1) is 0 Å². The Kier molecular flexibility index (Phi) is 16.8. The van der Waals surface area contributed by atoms with Crippen LogP contribution in [-0.4, -0.2) is 45.2 Å². The molecule has 0 aliphatic heterocycles. The van der Waals surface area contributed by atoms with Crippen molar-refractivity contribution >= 4 is 12.3 Å². The van der Waals surface area contributed by atoms with Crippen molar-refractivity contribution in [1.82, 2.24) is 10.6 Å². The van der Waals surface area contributed by atoms with Crippen LogP contribution in [0.1, 0.15) is 20.8 Å². The van der Waals surface area contributed by atoms with Gasteiger partial charge in [-0.2, -0.15) is 0 Å². The molecule has 0 aromatic rings. The van der Waals surface area contributed by atoms with Crippen molar-refractivity contribution in [3.8, 4) is 0 Å². The van der Waals surface area contributed by atoms with Crippen LogP contribution in [-0.2, 0) is 19.2 Å². The Bertz CT molecular complexity index is 198. The smallest absolute Gasteiger partial charge is 0.248 e. The first-order valence-corrected chi connectivity index (χ1v) is 5.87. The third kappa shape index (κ3) is 24.2. The zero-order valence-electron chi connectivity index (χ0n) is 11.4. The minimum absolute atomic E-state index is 0.160. The monoisotopic (exact) mass is 263 g/mol. The lowest BCUT2D eigenvalue weighted by Crippen LogP contribution is -2.32. The number of ether oxygens (including phenoxy) is 1. The Morgan fingerprint density at radius 1 is 1.28 bits per heavy atom. The van der Waals surface area contributed by atoms with E-state index in [9.17, 15) is 9.59 Å². The van der Waals surface area contributed by atoms with Crippen LogP contribution >= 0.6 is 0 Å². The first kappa shape index (κ1) is 19.2. The molecule has 0 aromatic heterocycles. The van der Waals surface area contributed by atoms with Crippen molar-refractivity contribution in [2.45, 2.75) is 20.8 Å². The zero-order chi connectivity index (χ0) is 14.2. The van der Waals surface area contributed by atoms with E-state index in [1.165, 1.54) is 0 Å². The average Bonchev–Trinajstić information content (AvgIpc) is 2.27. The van der Waals surface area contributed by atoms with Gasteiger partial charge >= 0.3 is 0 Å². The Balaban J connectivity index is 0. The second-order valence-electron chi connectivity index (χ2n) is 4.08. The quantitative estimate of drug-likeness (QED) is 0.293. The molecule has 0 saturated carbocycles. The largest absolute Gasteiger partial charge is 0.378 e. The fourth-order valence-corrected chi connectivity index (χ4v) is 0.681. The summed E-state index contributed by atoms with van der Waals surface area (Å²) >= 11 is 0. The van der Waals surface area contributed by atoms with Gasteiger partial charge in [0, 0.05) is 13.1 Å². The molecule has 18 heavy (non-hydrogen) atoms. The highest BCUT2D eigenvalue weighted by Crippen LogP contribution is 1.81. The summed E-state index contributed by atoms with van der Waals surface area (Å²) in [6.45, 7) is 8.00. The predicted molar refractivity (Wildman–Crippen MR) is 68.5 cm³/mol. The van der Waals surface area contributed by atoms with Crippen LogP contribution < -0.4 is 16.5 Å². The van der Waals surface area contributed by atoms with Gasteiger partial charge in [-0.25, -0.2) is 5.90 Å². The van der Waals surface area contributed by atoms with Crippen LogP contribution in [0.2, 0.25) is 0 Å². The molecule has 108 valence electrons. The van der Waals surface area contributed by atoms with Crippen LogP contribution in [0.3, 0.4) is 0 Å². The summed E-state index contributed by atoms with van der Waals surface area (Å²) in [6.07, 6.45) is 0.601. The first-order valence-electron chi connectivity index (χ1n) is 5.87. The van der Waals surface area contributed by atoms with Gasteiger partial charge < -0.3 is 15.4 Å². The Morgan fingerprint density at radius 3 is 2.33 bits per heavy atom. The third-order valence-electron chi connectivity index (χ3n) is 1.26. The van der Waals surface area contributed by atoms with Crippen molar-refractivity contribution in [2.24, 2.45) is 11.8 Å². The van der Waals surface area contributed by atoms with Gasteiger partial charge in [-0.1, -0.05) is 20.8 Å². The van der Waals surface area contributed by atoms with Gasteiger partial charge in [0.25, 0.3) is 0 Å². The third-order valence-corrected chi connectivity index (χ3v) is 1.26. The first-order chi connectivity index (χ1) is 8.54. The number of rotatable bonds is 9. The number of nitrogens with one attached hydrogen (secondary N) is 2. The summed E-state index contributed by atoms with van der Waals surface area (Å²) in [5, 5.41) is 4.95. The van der Waals surface area contributed by atoms with Crippen molar-refractivity contribution in [3.05, 3.63) is 0 Å². The van der Waals surface area contributed by atoms with E-state index in [2.05, 4.69) is 42.1 Å². The molecular formula is C11H25N3O4. The second-order valence-corrected chi connectivity index (χ2v) is 4.08. The molecule has 0 radical (unpaired) electrons. The molecule has 0 aliphatic carbocycles. The van der Waals surface area contributed by atoms with Gasteiger partial charge in [-0.3, -0.25) is 14.4 Å². The van der Waals surface area contributed by atoms with Crippen LogP contribution in [0.25, 0.3) is 0 Å².